The minimum absolute atomic E-state index is 0. The second kappa shape index (κ2) is 26.0. The van der Waals surface area contributed by atoms with E-state index in [1.807, 2.05) is 0 Å². The van der Waals surface area contributed by atoms with Crippen molar-refractivity contribution in [2.24, 2.45) is 0 Å². The van der Waals surface area contributed by atoms with Crippen LogP contribution in [0.2, 0.25) is 0 Å². The molecule has 0 saturated heterocycles. The van der Waals surface area contributed by atoms with Gasteiger partial charge in [0.25, 0.3) is 0 Å². The molecule has 0 amide bonds. The van der Waals surface area contributed by atoms with E-state index in [0.29, 0.717) is 0 Å². The van der Waals surface area contributed by atoms with Gasteiger partial charge in [0, 0.05) is 107 Å². The van der Waals surface area contributed by atoms with Gasteiger partial charge in [0.05, 0.1) is 0 Å². The second-order valence-corrected chi connectivity index (χ2v) is 0. The van der Waals surface area contributed by atoms with Gasteiger partial charge in [-0.05, 0) is 0 Å². The fourth-order valence-electron chi connectivity index (χ4n) is 0. The molecule has 0 aromatic heterocycles. The molecule has 0 nitrogen and oxygen atoms in total. The van der Waals surface area contributed by atoms with Gasteiger partial charge in [-0.25, -0.2) is 0 Å². The minimum Gasteiger partial charge on any atom is 0 e. The summed E-state index contributed by atoms with van der Waals surface area (Å²) in [6, 6.07) is 0. The number of hydrogen-bond donors (Lipinski definition) is 0. The standard InChI is InChI=1S/Ag.Au.Cu.Fe.Hg. The van der Waals surface area contributed by atoms with Crippen LogP contribution in [0.1, 0.15) is 0 Å². The first-order valence-electron chi connectivity index (χ1n) is 0. The van der Waals surface area contributed by atoms with Crippen LogP contribution in [0.4, 0.5) is 0 Å². The van der Waals surface area contributed by atoms with Gasteiger partial charge in [-0.1, -0.05) is 0 Å². The van der Waals surface area contributed by atoms with E-state index in [2.05, 4.69) is 0 Å². The van der Waals surface area contributed by atoms with Crippen molar-refractivity contribution in [3.63, 3.8) is 0 Å². The summed E-state index contributed by atoms with van der Waals surface area (Å²) in [6.07, 6.45) is 0. The first-order valence-corrected chi connectivity index (χ1v) is 0. The summed E-state index contributed by atoms with van der Waals surface area (Å²) in [5.74, 6) is 0. The Morgan fingerprint density at radius 2 is 1.00 bits per heavy atom. The molecule has 5 heavy (non-hydrogen) atoms. The molecule has 5 heteroatoms. The molecule has 0 saturated carbocycles. The Morgan fingerprint density at radius 3 is 1.00 bits per heavy atom. The summed E-state index contributed by atoms with van der Waals surface area (Å²) in [7, 11) is 0. The van der Waals surface area contributed by atoms with Gasteiger partial charge in [-0.3, -0.25) is 0 Å². The van der Waals surface area contributed by atoms with Gasteiger partial charge >= 0.3 is 0 Å². The maximum atomic E-state index is 0. The van der Waals surface area contributed by atoms with Crippen LogP contribution in [-0.4, -0.2) is 0 Å². The molecule has 0 heterocycles. The summed E-state index contributed by atoms with van der Waals surface area (Å²) in [4.78, 5) is 0. The summed E-state index contributed by atoms with van der Waals surface area (Å²) in [6.45, 7) is 0. The van der Waals surface area contributed by atoms with E-state index >= 15 is 0 Å². The average Bonchev–Trinajstić information content (AvgIpc) is 0. The van der Waals surface area contributed by atoms with E-state index in [0.717, 1.165) is 0 Å². The van der Waals surface area contributed by atoms with Gasteiger partial charge in [-0.2, -0.15) is 0 Å². The van der Waals surface area contributed by atoms with Crippen LogP contribution in [0.5, 0.6) is 0 Å². The zero-order valence-electron chi connectivity index (χ0n) is 1.97. The quantitative estimate of drug-likeness (QED) is 0.333. The van der Waals surface area contributed by atoms with E-state index in [4.69, 9.17) is 0 Å². The molecule has 0 aliphatic carbocycles. The fourth-order valence-corrected chi connectivity index (χ4v) is 0. The Balaban J connectivity index is 0. The molecule has 0 aromatic rings. The van der Waals surface area contributed by atoms with E-state index in [1.54, 1.807) is 0 Å². The second-order valence-electron chi connectivity index (χ2n) is 0. The third-order valence-corrected chi connectivity index (χ3v) is 0. The van der Waals surface area contributed by atoms with Crippen molar-refractivity contribution < 1.29 is 107 Å². The van der Waals surface area contributed by atoms with Crippen LogP contribution in [0, 0.1) is 0 Å². The van der Waals surface area contributed by atoms with Crippen molar-refractivity contribution in [3.05, 3.63) is 0 Å². The largest absolute Gasteiger partial charge is 0 e. The molecule has 0 N–H and O–H groups in total. The molecule has 0 aromatic carbocycles. The summed E-state index contributed by atoms with van der Waals surface area (Å²) < 4.78 is 0. The molecule has 0 bridgehead atoms. The van der Waals surface area contributed by atoms with Crippen molar-refractivity contribution in [1.29, 1.82) is 0 Å². The van der Waals surface area contributed by atoms with E-state index in [-0.39, 0.29) is 107 Å². The van der Waals surface area contributed by atoms with Crippen molar-refractivity contribution in [1.82, 2.24) is 0 Å². The zero-order chi connectivity index (χ0) is 0. The van der Waals surface area contributed by atoms with E-state index < -0.39 is 0 Å². The van der Waals surface area contributed by atoms with Crippen LogP contribution < -0.4 is 0 Å². The molecule has 0 aliphatic heterocycles. The molecule has 0 rings (SSSR count). The van der Waals surface area contributed by atoms with Gasteiger partial charge in [-0.15, -0.1) is 0 Å². The molecule has 43 valence electrons. The Labute approximate surface area is 104 Å². The average molecular weight is 625 g/mol. The third-order valence-electron chi connectivity index (χ3n) is 0. The maximum absolute atomic E-state index is 0. The molecule has 0 fully saturated rings. The van der Waals surface area contributed by atoms with Crippen LogP contribution in [0.15, 0.2) is 0 Å². The molecular formula is AgAuCuFeHg. The normalized spacial score (nSPS) is 0. The predicted molar refractivity (Wildman–Crippen MR) is 0 cm³/mol. The summed E-state index contributed by atoms with van der Waals surface area (Å²) in [5, 5.41) is 0. The Hall–Kier alpha value is 3.45. The van der Waals surface area contributed by atoms with Gasteiger partial charge in [0.2, 0.25) is 0 Å². The van der Waals surface area contributed by atoms with E-state index in [1.165, 1.54) is 0 Å². The molecule has 0 atom stereocenters. The van der Waals surface area contributed by atoms with Crippen molar-refractivity contribution >= 4 is 0 Å². The summed E-state index contributed by atoms with van der Waals surface area (Å²) >= 11 is 0. The van der Waals surface area contributed by atoms with Crippen LogP contribution >= 0.6 is 0 Å². The molecule has 3 radical (unpaired) electrons. The smallest absolute Gasteiger partial charge is 0 e. The van der Waals surface area contributed by atoms with Gasteiger partial charge in [0.1, 0.15) is 0 Å². The Morgan fingerprint density at radius 1 is 1.00 bits per heavy atom. The van der Waals surface area contributed by atoms with Crippen molar-refractivity contribution in [2.45, 2.75) is 0 Å². The van der Waals surface area contributed by atoms with E-state index in [9.17, 15) is 0 Å². The van der Waals surface area contributed by atoms with Crippen molar-refractivity contribution in [3.8, 4) is 0 Å². The Bertz CT molecular complexity index is 11.6. The molecule has 0 aliphatic rings. The van der Waals surface area contributed by atoms with Crippen LogP contribution in [0.3, 0.4) is 0 Å². The first kappa shape index (κ1) is 39.4. The van der Waals surface area contributed by atoms with Crippen LogP contribution in [-0.2, 0) is 107 Å². The fraction of sp³-hybridized carbons (Fsp3) is 0. The monoisotopic (exact) mass is 625 g/mol. The minimum atomic E-state index is 0. The number of rotatable bonds is 0. The van der Waals surface area contributed by atoms with Crippen molar-refractivity contribution in [2.75, 3.05) is 0 Å². The van der Waals surface area contributed by atoms with Crippen LogP contribution in [0.25, 0.3) is 0 Å². The summed E-state index contributed by atoms with van der Waals surface area (Å²) in [5.41, 5.74) is 0. The zero-order valence-corrected chi connectivity index (χ0v) is 13.2. The SMILES string of the molecule is [Ag].[Au].[Cu].[Fe].[Hg]. The predicted octanol–water partition coefficient (Wildman–Crippen LogP) is -0.0125. The molecule has 0 unspecified atom stereocenters. The van der Waals surface area contributed by atoms with Gasteiger partial charge < -0.3 is 0 Å². The molecular weight excluding hydrogens is 625 g/mol. The Kier molecular flexibility index (Phi) is 205. The third kappa shape index (κ3) is 18.6. The number of hydrogen-bond acceptors (Lipinski definition) is 0. The topological polar surface area (TPSA) is 0 Å². The van der Waals surface area contributed by atoms with Gasteiger partial charge in [0.15, 0.2) is 0 Å². The molecule has 0 spiro atoms. The maximum Gasteiger partial charge on any atom is 0 e. The first-order chi connectivity index (χ1) is 0.